The summed E-state index contributed by atoms with van der Waals surface area (Å²) in [5.41, 5.74) is 3.86. The van der Waals surface area contributed by atoms with Gasteiger partial charge < -0.3 is 9.51 Å². The predicted octanol–water partition coefficient (Wildman–Crippen LogP) is 3.81. The highest BCUT2D eigenvalue weighted by Crippen LogP contribution is 2.33. The van der Waals surface area contributed by atoms with Gasteiger partial charge in [-0.15, -0.1) is 11.3 Å². The van der Waals surface area contributed by atoms with Gasteiger partial charge in [-0.25, -0.2) is 4.98 Å². The van der Waals surface area contributed by atoms with E-state index in [1.807, 2.05) is 47.2 Å². The largest absolute Gasteiger partial charge is 0.387 e. The van der Waals surface area contributed by atoms with Gasteiger partial charge in [0.25, 0.3) is 0 Å². The minimum absolute atomic E-state index is 0.491. The van der Waals surface area contributed by atoms with E-state index < -0.39 is 6.10 Å². The van der Waals surface area contributed by atoms with Crippen LogP contribution < -0.4 is 0 Å². The second-order valence-corrected chi connectivity index (χ2v) is 5.63. The number of fused-ring (bicyclic) bond motifs is 1. The molecule has 0 spiro atoms. The molecule has 3 aromatic heterocycles. The number of imidazole rings is 1. The minimum Gasteiger partial charge on any atom is -0.387 e. The van der Waals surface area contributed by atoms with Crippen molar-refractivity contribution in [1.82, 2.24) is 9.38 Å². The topological polar surface area (TPSA) is 37.5 Å². The van der Waals surface area contributed by atoms with Gasteiger partial charge in [-0.3, -0.25) is 0 Å². The van der Waals surface area contributed by atoms with Crippen molar-refractivity contribution in [2.24, 2.45) is 0 Å². The lowest BCUT2D eigenvalue weighted by Gasteiger charge is -2.09. The summed E-state index contributed by atoms with van der Waals surface area (Å²) < 4.78 is 2.00. The first kappa shape index (κ1) is 12.4. The Morgan fingerprint density at radius 3 is 2.95 bits per heavy atom. The summed E-state index contributed by atoms with van der Waals surface area (Å²) >= 11 is 1.65. The van der Waals surface area contributed by atoms with Crippen LogP contribution in [0.2, 0.25) is 0 Å². The molecule has 1 unspecified atom stereocenters. The Kier molecular flexibility index (Phi) is 3.12. The van der Waals surface area contributed by atoms with E-state index in [0.717, 1.165) is 21.9 Å². The van der Waals surface area contributed by atoms with E-state index in [2.05, 4.69) is 6.92 Å². The fraction of sp³-hybridized carbons (Fsp3) is 0.267. The molecule has 0 saturated carbocycles. The van der Waals surface area contributed by atoms with Gasteiger partial charge >= 0.3 is 0 Å². The fourth-order valence-electron chi connectivity index (χ4n) is 2.27. The van der Waals surface area contributed by atoms with E-state index in [4.69, 9.17) is 4.98 Å². The molecule has 0 aliphatic carbocycles. The maximum absolute atomic E-state index is 10.3. The zero-order valence-electron chi connectivity index (χ0n) is 11.0. The maximum atomic E-state index is 10.3. The molecule has 3 heterocycles. The van der Waals surface area contributed by atoms with Crippen LogP contribution in [0.1, 0.15) is 30.7 Å². The summed E-state index contributed by atoms with van der Waals surface area (Å²) in [5.74, 6) is 0. The SMILES string of the molecule is CCC(O)c1c(-c2cccs2)nc2cc(C)ccn12. The zero-order valence-corrected chi connectivity index (χ0v) is 11.8. The van der Waals surface area contributed by atoms with Crippen molar-refractivity contribution in [2.45, 2.75) is 26.4 Å². The van der Waals surface area contributed by atoms with Crippen molar-refractivity contribution in [3.63, 3.8) is 0 Å². The van der Waals surface area contributed by atoms with Crippen molar-refractivity contribution < 1.29 is 5.11 Å². The summed E-state index contributed by atoms with van der Waals surface area (Å²) in [7, 11) is 0. The molecule has 1 N–H and O–H groups in total. The Morgan fingerprint density at radius 1 is 1.42 bits per heavy atom. The number of aryl methyl sites for hydroxylation is 1. The third-order valence-corrected chi connectivity index (χ3v) is 4.15. The summed E-state index contributed by atoms with van der Waals surface area (Å²) in [5, 5.41) is 12.3. The molecule has 98 valence electrons. The molecule has 0 aromatic carbocycles. The van der Waals surface area contributed by atoms with Crippen molar-refractivity contribution in [2.75, 3.05) is 0 Å². The van der Waals surface area contributed by atoms with Crippen molar-refractivity contribution in [3.05, 3.63) is 47.1 Å². The van der Waals surface area contributed by atoms with Crippen molar-refractivity contribution in [1.29, 1.82) is 0 Å². The second-order valence-electron chi connectivity index (χ2n) is 4.68. The highest BCUT2D eigenvalue weighted by atomic mass is 32.1. The molecular weight excluding hydrogens is 256 g/mol. The molecule has 3 nitrogen and oxygen atoms in total. The standard InChI is InChI=1S/C15H16N2OS/c1-3-11(18)15-14(12-5-4-8-19-12)16-13-9-10(2)6-7-17(13)15/h4-9,11,18H,3H2,1-2H3. The highest BCUT2D eigenvalue weighted by molar-refractivity contribution is 7.13. The predicted molar refractivity (Wildman–Crippen MR) is 78.5 cm³/mol. The molecule has 0 radical (unpaired) electrons. The Labute approximate surface area is 116 Å². The number of rotatable bonds is 3. The average Bonchev–Trinajstić information content (AvgIpc) is 3.03. The van der Waals surface area contributed by atoms with Crippen LogP contribution >= 0.6 is 11.3 Å². The molecule has 0 bridgehead atoms. The van der Waals surface area contributed by atoms with E-state index in [-0.39, 0.29) is 0 Å². The number of nitrogens with zero attached hydrogens (tertiary/aromatic N) is 2. The van der Waals surface area contributed by atoms with E-state index in [0.29, 0.717) is 6.42 Å². The number of hydrogen-bond acceptors (Lipinski definition) is 3. The molecule has 3 rings (SSSR count). The van der Waals surface area contributed by atoms with E-state index >= 15 is 0 Å². The first-order valence-electron chi connectivity index (χ1n) is 6.41. The molecular formula is C15H16N2OS. The van der Waals surface area contributed by atoms with E-state index in [9.17, 15) is 5.11 Å². The molecule has 0 aliphatic heterocycles. The Hall–Kier alpha value is -1.65. The van der Waals surface area contributed by atoms with Crippen LogP contribution in [-0.4, -0.2) is 14.5 Å². The summed E-state index contributed by atoms with van der Waals surface area (Å²) in [4.78, 5) is 5.80. The van der Waals surface area contributed by atoms with Gasteiger partial charge in [0.1, 0.15) is 11.3 Å². The lowest BCUT2D eigenvalue weighted by molar-refractivity contribution is 0.168. The minimum atomic E-state index is -0.491. The van der Waals surface area contributed by atoms with E-state index in [1.165, 1.54) is 5.56 Å². The number of aliphatic hydroxyl groups excluding tert-OH is 1. The monoisotopic (exact) mass is 272 g/mol. The third-order valence-electron chi connectivity index (χ3n) is 3.28. The molecule has 4 heteroatoms. The molecule has 0 fully saturated rings. The second kappa shape index (κ2) is 4.79. The normalized spacial score (nSPS) is 13.0. The maximum Gasteiger partial charge on any atom is 0.138 e. The van der Waals surface area contributed by atoms with Crippen LogP contribution in [0, 0.1) is 6.92 Å². The van der Waals surface area contributed by atoms with Gasteiger partial charge in [0.2, 0.25) is 0 Å². The molecule has 0 saturated heterocycles. The van der Waals surface area contributed by atoms with Gasteiger partial charge in [-0.1, -0.05) is 13.0 Å². The molecule has 19 heavy (non-hydrogen) atoms. The Morgan fingerprint density at radius 2 is 2.26 bits per heavy atom. The van der Waals surface area contributed by atoms with E-state index in [1.54, 1.807) is 11.3 Å². The van der Waals surface area contributed by atoms with Crippen LogP contribution in [0.15, 0.2) is 35.8 Å². The lowest BCUT2D eigenvalue weighted by atomic mass is 10.1. The molecule has 3 aromatic rings. The van der Waals surface area contributed by atoms with Crippen molar-refractivity contribution >= 4 is 17.0 Å². The fourth-order valence-corrected chi connectivity index (χ4v) is 2.99. The smallest absolute Gasteiger partial charge is 0.138 e. The van der Waals surface area contributed by atoms with Gasteiger partial charge in [0.05, 0.1) is 16.7 Å². The Balaban J connectivity index is 2.31. The molecule has 1 atom stereocenters. The number of aromatic nitrogens is 2. The van der Waals surface area contributed by atoms with Gasteiger partial charge in [0, 0.05) is 6.20 Å². The number of thiophene rings is 1. The van der Waals surface area contributed by atoms with Gasteiger partial charge in [0.15, 0.2) is 0 Å². The molecule has 0 amide bonds. The molecule has 0 aliphatic rings. The first-order valence-corrected chi connectivity index (χ1v) is 7.29. The van der Waals surface area contributed by atoms with Crippen LogP contribution in [0.5, 0.6) is 0 Å². The van der Waals surface area contributed by atoms with Crippen LogP contribution in [0.3, 0.4) is 0 Å². The number of aliphatic hydroxyl groups is 1. The summed E-state index contributed by atoms with van der Waals surface area (Å²) in [6.45, 7) is 4.03. The highest BCUT2D eigenvalue weighted by Gasteiger charge is 2.20. The number of hydrogen-bond donors (Lipinski definition) is 1. The third kappa shape index (κ3) is 2.07. The average molecular weight is 272 g/mol. The summed E-state index contributed by atoms with van der Waals surface area (Å²) in [6.07, 6.45) is 2.18. The lowest BCUT2D eigenvalue weighted by Crippen LogP contribution is -2.01. The van der Waals surface area contributed by atoms with Gasteiger partial charge in [-0.05, 0) is 42.5 Å². The van der Waals surface area contributed by atoms with Crippen LogP contribution in [0.25, 0.3) is 16.2 Å². The Bertz CT molecular complexity index is 700. The zero-order chi connectivity index (χ0) is 13.4. The van der Waals surface area contributed by atoms with Gasteiger partial charge in [-0.2, -0.15) is 0 Å². The summed E-state index contributed by atoms with van der Waals surface area (Å²) in [6, 6.07) is 8.14. The van der Waals surface area contributed by atoms with Crippen LogP contribution in [-0.2, 0) is 0 Å². The number of pyridine rings is 1. The van der Waals surface area contributed by atoms with Crippen molar-refractivity contribution in [3.8, 4) is 10.6 Å². The first-order chi connectivity index (χ1) is 9.20. The quantitative estimate of drug-likeness (QED) is 0.787. The van der Waals surface area contributed by atoms with Crippen LogP contribution in [0.4, 0.5) is 0 Å².